The predicted octanol–water partition coefficient (Wildman–Crippen LogP) is 2.31. The molecule has 0 saturated carbocycles. The number of benzene rings is 1. The fourth-order valence-electron chi connectivity index (χ4n) is 1.94. The molecule has 6 heteroatoms. The molecule has 106 valence electrons. The van der Waals surface area contributed by atoms with Gasteiger partial charge in [-0.15, -0.1) is 0 Å². The molecule has 2 rings (SSSR count). The maximum Gasteiger partial charge on any atom is 0.137 e. The van der Waals surface area contributed by atoms with Crippen LogP contribution in [0.1, 0.15) is 24.1 Å². The summed E-state index contributed by atoms with van der Waals surface area (Å²) in [4.78, 5) is 4.01. The van der Waals surface area contributed by atoms with Gasteiger partial charge in [0, 0.05) is 11.8 Å². The van der Waals surface area contributed by atoms with Crippen molar-refractivity contribution in [2.75, 3.05) is 6.61 Å². The number of pyridine rings is 1. The summed E-state index contributed by atoms with van der Waals surface area (Å²) in [5.74, 6) is 4.94. The average Bonchev–Trinajstić information content (AvgIpc) is 2.44. The lowest BCUT2D eigenvalue weighted by molar-refractivity contribution is 0.338. The van der Waals surface area contributed by atoms with Crippen molar-refractivity contribution in [2.45, 2.75) is 13.0 Å². The fourth-order valence-corrected chi connectivity index (χ4v) is 1.94. The van der Waals surface area contributed by atoms with Crippen molar-refractivity contribution in [1.82, 2.24) is 10.4 Å². The van der Waals surface area contributed by atoms with E-state index in [4.69, 9.17) is 10.6 Å². The number of halogens is 2. The Morgan fingerprint density at radius 2 is 2.10 bits per heavy atom. The molecule has 1 atom stereocenters. The minimum atomic E-state index is -0.710. The molecule has 0 aliphatic heterocycles. The molecule has 0 aliphatic rings. The Kier molecular flexibility index (Phi) is 4.60. The molecule has 2 aromatic rings. The summed E-state index contributed by atoms with van der Waals surface area (Å²) in [6.45, 7) is 2.33. The van der Waals surface area contributed by atoms with Crippen molar-refractivity contribution in [3.05, 3.63) is 59.4 Å². The molecule has 0 amide bonds. The number of hydrazine groups is 1. The fraction of sp³-hybridized carbons (Fsp3) is 0.214. The molecule has 1 unspecified atom stereocenters. The number of hydrogen-bond acceptors (Lipinski definition) is 4. The Labute approximate surface area is 115 Å². The topological polar surface area (TPSA) is 60.2 Å². The summed E-state index contributed by atoms with van der Waals surface area (Å²) in [5, 5.41) is 0. The molecule has 1 aromatic carbocycles. The summed E-state index contributed by atoms with van der Waals surface area (Å²) in [7, 11) is 0. The zero-order valence-electron chi connectivity index (χ0n) is 10.9. The largest absolute Gasteiger partial charge is 0.492 e. The highest BCUT2D eigenvalue weighted by atomic mass is 19.1. The van der Waals surface area contributed by atoms with Crippen LogP contribution in [0.2, 0.25) is 0 Å². The maximum absolute atomic E-state index is 13.8. The quantitative estimate of drug-likeness (QED) is 0.651. The summed E-state index contributed by atoms with van der Waals surface area (Å²) in [6.07, 6.45) is 3.07. The Bertz CT molecular complexity index is 592. The minimum absolute atomic E-state index is 0.114. The van der Waals surface area contributed by atoms with Gasteiger partial charge in [0.15, 0.2) is 0 Å². The van der Waals surface area contributed by atoms with Gasteiger partial charge in [0.05, 0.1) is 18.8 Å². The van der Waals surface area contributed by atoms with Gasteiger partial charge in [-0.2, -0.15) is 0 Å². The van der Waals surface area contributed by atoms with Gasteiger partial charge in [-0.05, 0) is 36.8 Å². The van der Waals surface area contributed by atoms with E-state index in [0.717, 1.165) is 18.2 Å². The molecular weight excluding hydrogens is 264 g/mol. The first kappa shape index (κ1) is 14.4. The number of rotatable bonds is 5. The lowest BCUT2D eigenvalue weighted by Gasteiger charge is -2.18. The Hall–Kier alpha value is -2.05. The van der Waals surface area contributed by atoms with Gasteiger partial charge in [-0.25, -0.2) is 14.2 Å². The molecule has 0 saturated heterocycles. The third-order valence-electron chi connectivity index (χ3n) is 2.81. The monoisotopic (exact) mass is 279 g/mol. The number of ether oxygens (including phenoxy) is 1. The summed E-state index contributed by atoms with van der Waals surface area (Å²) >= 11 is 0. The van der Waals surface area contributed by atoms with E-state index in [1.54, 1.807) is 12.3 Å². The molecule has 0 fully saturated rings. The van der Waals surface area contributed by atoms with Gasteiger partial charge in [-0.1, -0.05) is 0 Å². The van der Waals surface area contributed by atoms with Gasteiger partial charge in [-0.3, -0.25) is 10.8 Å². The van der Waals surface area contributed by atoms with Gasteiger partial charge in [0.1, 0.15) is 17.4 Å². The third-order valence-corrected chi connectivity index (χ3v) is 2.81. The lowest BCUT2D eigenvalue weighted by Crippen LogP contribution is -2.29. The number of aromatic nitrogens is 1. The van der Waals surface area contributed by atoms with E-state index in [0.29, 0.717) is 17.9 Å². The second kappa shape index (κ2) is 6.40. The van der Waals surface area contributed by atoms with Crippen LogP contribution >= 0.6 is 0 Å². The van der Waals surface area contributed by atoms with E-state index < -0.39 is 17.7 Å². The van der Waals surface area contributed by atoms with E-state index >= 15 is 0 Å². The molecule has 1 aromatic heterocycles. The minimum Gasteiger partial charge on any atom is -0.492 e. The van der Waals surface area contributed by atoms with Crippen molar-refractivity contribution in [1.29, 1.82) is 0 Å². The molecule has 3 N–H and O–H groups in total. The maximum atomic E-state index is 13.8. The predicted molar refractivity (Wildman–Crippen MR) is 70.9 cm³/mol. The van der Waals surface area contributed by atoms with Gasteiger partial charge in [0.2, 0.25) is 0 Å². The standard InChI is InChI=1S/C14H15F2N3O/c1-2-20-11-5-9(7-18-8-11)14(19-17)12-6-10(15)3-4-13(12)16/h3-8,14,19H,2,17H2,1H3. The van der Waals surface area contributed by atoms with Crippen LogP contribution in [0.4, 0.5) is 8.78 Å². The normalized spacial score (nSPS) is 12.2. The van der Waals surface area contributed by atoms with E-state index in [2.05, 4.69) is 10.4 Å². The van der Waals surface area contributed by atoms with Crippen LogP contribution in [0.5, 0.6) is 5.75 Å². The van der Waals surface area contributed by atoms with Crippen LogP contribution in [-0.4, -0.2) is 11.6 Å². The van der Waals surface area contributed by atoms with E-state index in [1.165, 1.54) is 6.20 Å². The highest BCUT2D eigenvalue weighted by Crippen LogP contribution is 2.26. The van der Waals surface area contributed by atoms with Crippen molar-refractivity contribution in [2.24, 2.45) is 5.84 Å². The number of hydrogen-bond donors (Lipinski definition) is 2. The second-order valence-electron chi connectivity index (χ2n) is 4.15. The first-order valence-corrected chi connectivity index (χ1v) is 6.14. The van der Waals surface area contributed by atoms with Crippen LogP contribution in [0.25, 0.3) is 0 Å². The molecular formula is C14H15F2N3O. The molecule has 20 heavy (non-hydrogen) atoms. The first-order chi connectivity index (χ1) is 9.65. The number of nitrogens with two attached hydrogens (primary N) is 1. The molecule has 0 aliphatic carbocycles. The van der Waals surface area contributed by atoms with Crippen molar-refractivity contribution in [3.8, 4) is 5.75 Å². The van der Waals surface area contributed by atoms with Crippen LogP contribution in [-0.2, 0) is 0 Å². The molecule has 0 bridgehead atoms. The van der Waals surface area contributed by atoms with Crippen LogP contribution < -0.4 is 16.0 Å². The van der Waals surface area contributed by atoms with Crippen LogP contribution in [0.3, 0.4) is 0 Å². The zero-order chi connectivity index (χ0) is 14.5. The van der Waals surface area contributed by atoms with Crippen LogP contribution in [0, 0.1) is 11.6 Å². The van der Waals surface area contributed by atoms with Crippen molar-refractivity contribution >= 4 is 0 Å². The molecule has 0 radical (unpaired) electrons. The van der Waals surface area contributed by atoms with Gasteiger partial charge < -0.3 is 4.74 Å². The first-order valence-electron chi connectivity index (χ1n) is 6.14. The number of nitrogens with one attached hydrogen (secondary N) is 1. The Morgan fingerprint density at radius 1 is 1.30 bits per heavy atom. The van der Waals surface area contributed by atoms with E-state index in [1.807, 2.05) is 6.92 Å². The highest BCUT2D eigenvalue weighted by molar-refractivity contribution is 5.35. The Morgan fingerprint density at radius 3 is 2.80 bits per heavy atom. The summed E-state index contributed by atoms with van der Waals surface area (Å²) in [5.41, 5.74) is 3.17. The van der Waals surface area contributed by atoms with Crippen molar-refractivity contribution in [3.63, 3.8) is 0 Å². The van der Waals surface area contributed by atoms with Crippen LogP contribution in [0.15, 0.2) is 36.7 Å². The SMILES string of the molecule is CCOc1cncc(C(NN)c2cc(F)ccc2F)c1. The zero-order valence-corrected chi connectivity index (χ0v) is 10.9. The van der Waals surface area contributed by atoms with Gasteiger partial charge in [0.25, 0.3) is 0 Å². The van der Waals surface area contributed by atoms with Gasteiger partial charge >= 0.3 is 0 Å². The van der Waals surface area contributed by atoms with E-state index in [9.17, 15) is 8.78 Å². The summed E-state index contributed by atoms with van der Waals surface area (Å²) in [6, 6.07) is 4.20. The Balaban J connectivity index is 2.41. The van der Waals surface area contributed by atoms with E-state index in [-0.39, 0.29) is 5.56 Å². The smallest absolute Gasteiger partial charge is 0.137 e. The number of nitrogens with zero attached hydrogens (tertiary/aromatic N) is 1. The molecule has 4 nitrogen and oxygen atoms in total. The molecule has 0 spiro atoms. The third kappa shape index (κ3) is 3.09. The average molecular weight is 279 g/mol. The highest BCUT2D eigenvalue weighted by Gasteiger charge is 2.18. The lowest BCUT2D eigenvalue weighted by atomic mass is 10.00. The van der Waals surface area contributed by atoms with Crippen molar-refractivity contribution < 1.29 is 13.5 Å². The molecule has 1 heterocycles. The summed E-state index contributed by atoms with van der Waals surface area (Å²) < 4.78 is 32.4. The second-order valence-corrected chi connectivity index (χ2v) is 4.15.